The second kappa shape index (κ2) is 5.95. The Labute approximate surface area is 102 Å². The molecule has 1 aromatic rings. The van der Waals surface area contributed by atoms with Crippen LogP contribution >= 0.6 is 0 Å². The maximum Gasteiger partial charge on any atom is 0.338 e. The molecule has 0 aliphatic carbocycles. The first kappa shape index (κ1) is 13.9. The zero-order valence-corrected chi connectivity index (χ0v) is 9.59. The van der Waals surface area contributed by atoms with Crippen molar-refractivity contribution in [2.24, 2.45) is 0 Å². The molecule has 7 heteroatoms. The van der Waals surface area contributed by atoms with E-state index in [-0.39, 0.29) is 18.1 Å². The Kier molecular flexibility index (Phi) is 4.59. The van der Waals surface area contributed by atoms with Gasteiger partial charge in [0.25, 0.3) is 0 Å². The van der Waals surface area contributed by atoms with Crippen molar-refractivity contribution in [1.82, 2.24) is 5.32 Å². The first-order valence-electron chi connectivity index (χ1n) is 5.19. The molecule has 0 bridgehead atoms. The molecule has 0 radical (unpaired) electrons. The topological polar surface area (TPSA) is 78.4 Å². The number of carboxylic acids is 1. The van der Waals surface area contributed by atoms with Crippen LogP contribution in [0.3, 0.4) is 0 Å². The molecule has 0 atom stereocenters. The van der Waals surface area contributed by atoms with Crippen LogP contribution in [0.4, 0.5) is 14.5 Å². The number of amides is 1. The fraction of sp³-hybridized carbons (Fsp3) is 0.273. The fourth-order valence-electron chi connectivity index (χ4n) is 1.29. The van der Waals surface area contributed by atoms with E-state index in [4.69, 9.17) is 5.11 Å². The number of nitrogens with one attached hydrogen (secondary N) is 2. The molecular weight excluding hydrogens is 246 g/mol. The maximum absolute atomic E-state index is 13.4. The van der Waals surface area contributed by atoms with Gasteiger partial charge in [-0.05, 0) is 19.1 Å². The highest BCUT2D eigenvalue weighted by Gasteiger charge is 2.18. The summed E-state index contributed by atoms with van der Waals surface area (Å²) >= 11 is 0. The van der Waals surface area contributed by atoms with E-state index >= 15 is 0 Å². The number of carbonyl (C=O) groups is 2. The van der Waals surface area contributed by atoms with E-state index < -0.39 is 23.2 Å². The second-order valence-corrected chi connectivity index (χ2v) is 3.40. The van der Waals surface area contributed by atoms with Crippen molar-refractivity contribution in [1.29, 1.82) is 0 Å². The monoisotopic (exact) mass is 258 g/mol. The molecule has 0 fully saturated rings. The highest BCUT2D eigenvalue weighted by molar-refractivity contribution is 5.88. The third kappa shape index (κ3) is 3.16. The van der Waals surface area contributed by atoms with Gasteiger partial charge in [0.05, 0.1) is 17.8 Å². The van der Waals surface area contributed by atoms with Crippen molar-refractivity contribution in [2.75, 3.05) is 18.4 Å². The Balaban J connectivity index is 2.83. The van der Waals surface area contributed by atoms with Crippen LogP contribution in [0.2, 0.25) is 0 Å². The number of carbonyl (C=O) groups excluding carboxylic acids is 1. The molecule has 0 aliphatic rings. The molecule has 18 heavy (non-hydrogen) atoms. The summed E-state index contributed by atoms with van der Waals surface area (Å²) in [6.07, 6.45) is 0. The normalized spacial score (nSPS) is 9.94. The standard InChI is InChI=1S/C11H12F2N2O3/c1-2-14-8(16)5-15-7-4-3-6(11(17)18)9(12)10(7)13/h3-4,15H,2,5H2,1H3,(H,14,16)(H,17,18). The van der Waals surface area contributed by atoms with Crippen LogP contribution in [-0.2, 0) is 4.79 Å². The molecule has 0 heterocycles. The van der Waals surface area contributed by atoms with Gasteiger partial charge in [-0.1, -0.05) is 0 Å². The molecule has 0 unspecified atom stereocenters. The van der Waals surface area contributed by atoms with Gasteiger partial charge in [0.2, 0.25) is 5.91 Å². The minimum absolute atomic E-state index is 0.226. The number of benzene rings is 1. The molecule has 3 N–H and O–H groups in total. The maximum atomic E-state index is 13.4. The number of aromatic carboxylic acids is 1. The van der Waals surface area contributed by atoms with Crippen molar-refractivity contribution in [3.05, 3.63) is 29.3 Å². The molecule has 5 nitrogen and oxygen atoms in total. The van der Waals surface area contributed by atoms with Crippen molar-refractivity contribution in [2.45, 2.75) is 6.92 Å². The van der Waals surface area contributed by atoms with E-state index in [1.807, 2.05) is 0 Å². The quantitative estimate of drug-likeness (QED) is 0.741. The van der Waals surface area contributed by atoms with Crippen LogP contribution in [0, 0.1) is 11.6 Å². The average Bonchev–Trinajstić information content (AvgIpc) is 2.31. The van der Waals surface area contributed by atoms with Gasteiger partial charge in [-0.2, -0.15) is 0 Å². The van der Waals surface area contributed by atoms with E-state index in [2.05, 4.69) is 10.6 Å². The highest BCUT2D eigenvalue weighted by Crippen LogP contribution is 2.20. The average molecular weight is 258 g/mol. The van der Waals surface area contributed by atoms with Crippen LogP contribution in [0.15, 0.2) is 12.1 Å². The summed E-state index contributed by atoms with van der Waals surface area (Å²) in [5, 5.41) is 13.4. The third-order valence-corrected chi connectivity index (χ3v) is 2.13. The Hall–Kier alpha value is -2.18. The van der Waals surface area contributed by atoms with Gasteiger partial charge in [-0.25, -0.2) is 13.6 Å². The van der Waals surface area contributed by atoms with Crippen molar-refractivity contribution < 1.29 is 23.5 Å². The number of carboxylic acid groups (broad SMARTS) is 1. The number of halogens is 2. The SMILES string of the molecule is CCNC(=O)CNc1ccc(C(=O)O)c(F)c1F. The van der Waals surface area contributed by atoms with Gasteiger partial charge < -0.3 is 15.7 Å². The van der Waals surface area contributed by atoms with Gasteiger partial charge in [0, 0.05) is 6.54 Å². The summed E-state index contributed by atoms with van der Waals surface area (Å²) in [7, 11) is 0. The van der Waals surface area contributed by atoms with E-state index in [0.717, 1.165) is 12.1 Å². The van der Waals surface area contributed by atoms with Crippen molar-refractivity contribution in [3.8, 4) is 0 Å². The number of hydrogen-bond donors (Lipinski definition) is 3. The largest absolute Gasteiger partial charge is 0.478 e. The summed E-state index contributed by atoms with van der Waals surface area (Å²) in [5.41, 5.74) is -1.01. The van der Waals surface area contributed by atoms with Crippen LogP contribution in [0.5, 0.6) is 0 Å². The highest BCUT2D eigenvalue weighted by atomic mass is 19.2. The first-order valence-corrected chi connectivity index (χ1v) is 5.19. The molecule has 1 rings (SSSR count). The molecule has 1 amide bonds. The molecule has 0 aliphatic heterocycles. The van der Waals surface area contributed by atoms with Gasteiger partial charge >= 0.3 is 5.97 Å². The van der Waals surface area contributed by atoms with Gasteiger partial charge in [0.1, 0.15) is 0 Å². The smallest absolute Gasteiger partial charge is 0.338 e. The number of rotatable bonds is 5. The molecule has 0 spiro atoms. The number of hydrogen-bond acceptors (Lipinski definition) is 3. The van der Waals surface area contributed by atoms with Gasteiger partial charge in [-0.3, -0.25) is 4.79 Å². The Morgan fingerprint density at radius 3 is 2.50 bits per heavy atom. The van der Waals surface area contributed by atoms with Crippen LogP contribution in [0.1, 0.15) is 17.3 Å². The summed E-state index contributed by atoms with van der Waals surface area (Å²) in [5.74, 6) is -4.70. The number of anilines is 1. The van der Waals surface area contributed by atoms with E-state index in [9.17, 15) is 18.4 Å². The van der Waals surface area contributed by atoms with E-state index in [0.29, 0.717) is 6.54 Å². The summed E-state index contributed by atoms with van der Waals surface area (Å²) < 4.78 is 26.7. The molecular formula is C11H12F2N2O3. The zero-order valence-electron chi connectivity index (χ0n) is 9.59. The lowest BCUT2D eigenvalue weighted by Crippen LogP contribution is -2.29. The van der Waals surface area contributed by atoms with Crippen molar-refractivity contribution in [3.63, 3.8) is 0 Å². The van der Waals surface area contributed by atoms with E-state index in [1.165, 1.54) is 0 Å². The predicted molar refractivity (Wildman–Crippen MR) is 60.5 cm³/mol. The molecule has 0 saturated carbocycles. The molecule has 0 aromatic heterocycles. The van der Waals surface area contributed by atoms with Crippen molar-refractivity contribution >= 4 is 17.6 Å². The second-order valence-electron chi connectivity index (χ2n) is 3.40. The van der Waals surface area contributed by atoms with Crippen LogP contribution in [-0.4, -0.2) is 30.1 Å². The lowest BCUT2D eigenvalue weighted by molar-refractivity contribution is -0.119. The minimum atomic E-state index is -1.55. The summed E-state index contributed by atoms with van der Waals surface area (Å²) in [4.78, 5) is 21.6. The molecule has 98 valence electrons. The number of likely N-dealkylation sites (N-methyl/N-ethyl adjacent to an activating group) is 1. The zero-order chi connectivity index (χ0) is 13.7. The Bertz CT molecular complexity index is 478. The van der Waals surface area contributed by atoms with Crippen LogP contribution < -0.4 is 10.6 Å². The third-order valence-electron chi connectivity index (χ3n) is 2.13. The summed E-state index contributed by atoms with van der Waals surface area (Å²) in [6.45, 7) is 1.92. The lowest BCUT2D eigenvalue weighted by atomic mass is 10.2. The minimum Gasteiger partial charge on any atom is -0.478 e. The Morgan fingerprint density at radius 1 is 1.28 bits per heavy atom. The molecule has 1 aromatic carbocycles. The molecule has 0 saturated heterocycles. The Morgan fingerprint density at radius 2 is 1.94 bits per heavy atom. The van der Waals surface area contributed by atoms with Gasteiger partial charge in [0.15, 0.2) is 11.6 Å². The predicted octanol–water partition coefficient (Wildman–Crippen LogP) is 1.21. The summed E-state index contributed by atoms with van der Waals surface area (Å²) in [6, 6.07) is 2.00. The lowest BCUT2D eigenvalue weighted by Gasteiger charge is -2.09. The van der Waals surface area contributed by atoms with E-state index in [1.54, 1.807) is 6.92 Å². The fourth-order valence-corrected chi connectivity index (χ4v) is 1.29. The first-order chi connectivity index (χ1) is 8.47. The van der Waals surface area contributed by atoms with Gasteiger partial charge in [-0.15, -0.1) is 0 Å². The van der Waals surface area contributed by atoms with Crippen LogP contribution in [0.25, 0.3) is 0 Å².